The van der Waals surface area contributed by atoms with Gasteiger partial charge >= 0.3 is 0 Å². The monoisotopic (exact) mass is 281 g/mol. The Kier molecular flexibility index (Phi) is 3.55. The number of aromatic amines is 1. The van der Waals surface area contributed by atoms with E-state index >= 15 is 0 Å². The van der Waals surface area contributed by atoms with Crippen molar-refractivity contribution in [3.8, 4) is 5.75 Å². The molecule has 1 aromatic heterocycles. The van der Waals surface area contributed by atoms with E-state index in [0.717, 1.165) is 22.7 Å². The molecule has 21 heavy (non-hydrogen) atoms. The second-order valence-electron chi connectivity index (χ2n) is 4.71. The lowest BCUT2D eigenvalue weighted by Gasteiger charge is -2.04. The quantitative estimate of drug-likeness (QED) is 0.843. The van der Waals surface area contributed by atoms with Crippen molar-refractivity contribution in [1.82, 2.24) is 10.4 Å². The van der Waals surface area contributed by atoms with Gasteiger partial charge in [-0.2, -0.15) is 5.10 Å². The summed E-state index contributed by atoms with van der Waals surface area (Å²) in [5.41, 5.74) is 5.80. The van der Waals surface area contributed by atoms with Gasteiger partial charge < -0.3 is 9.72 Å². The van der Waals surface area contributed by atoms with E-state index in [4.69, 9.17) is 4.74 Å². The number of amides is 1. The average molecular weight is 281 g/mol. The lowest BCUT2D eigenvalue weighted by molar-refractivity contribution is -0.116. The van der Waals surface area contributed by atoms with Gasteiger partial charge in [0.1, 0.15) is 5.75 Å². The van der Waals surface area contributed by atoms with E-state index in [2.05, 4.69) is 15.5 Å². The third kappa shape index (κ3) is 2.86. The zero-order chi connectivity index (χ0) is 14.7. The number of nitrogens with zero attached hydrogens (tertiary/aromatic N) is 1. The first kappa shape index (κ1) is 13.2. The molecule has 0 bridgehead atoms. The smallest absolute Gasteiger partial charge is 0.273 e. The van der Waals surface area contributed by atoms with Crippen LogP contribution >= 0.6 is 0 Å². The fraction of sp³-hybridized carbons (Fsp3) is 0.125. The Balaban J connectivity index is 1.81. The summed E-state index contributed by atoms with van der Waals surface area (Å²) in [4.78, 5) is 14.9. The van der Waals surface area contributed by atoms with E-state index in [1.165, 1.54) is 0 Å². The molecule has 5 nitrogen and oxygen atoms in total. The van der Waals surface area contributed by atoms with E-state index in [9.17, 15) is 4.79 Å². The number of H-pyrrole nitrogens is 1. The van der Waals surface area contributed by atoms with Gasteiger partial charge in [-0.1, -0.05) is 12.1 Å². The van der Waals surface area contributed by atoms with Crippen molar-refractivity contribution in [3.63, 3.8) is 0 Å². The third-order valence-electron chi connectivity index (χ3n) is 3.30. The van der Waals surface area contributed by atoms with E-state index in [1.54, 1.807) is 7.11 Å². The number of methoxy groups -OCH3 is 1. The summed E-state index contributed by atoms with van der Waals surface area (Å²) in [5, 5.41) is 4.12. The van der Waals surface area contributed by atoms with Gasteiger partial charge in [0, 0.05) is 18.3 Å². The molecule has 3 rings (SSSR count). The van der Waals surface area contributed by atoms with Gasteiger partial charge in [0.05, 0.1) is 18.4 Å². The van der Waals surface area contributed by atoms with Crippen LogP contribution in [0.2, 0.25) is 0 Å². The van der Waals surface area contributed by atoms with E-state index in [-0.39, 0.29) is 5.91 Å². The molecule has 1 aliphatic heterocycles. The summed E-state index contributed by atoms with van der Waals surface area (Å²) in [7, 11) is 1.63. The van der Waals surface area contributed by atoms with Crippen LogP contribution in [-0.4, -0.2) is 23.7 Å². The molecule has 0 spiro atoms. The largest absolute Gasteiger partial charge is 0.497 e. The van der Waals surface area contributed by atoms with Crippen molar-refractivity contribution in [2.24, 2.45) is 5.10 Å². The predicted octanol–water partition coefficient (Wildman–Crippen LogP) is 2.14. The number of benzene rings is 1. The standard InChI is InChI=1S/C16H15N3O2/c1-21-13-6-4-11(5-7-13)9-15-14(16(20)19-18-15)10-12-3-2-8-17-12/h2-8,10,17H,9H2,1H3,(H,19,20). The SMILES string of the molecule is COc1ccc(CC2=NNC(=O)C2=Cc2ccc[nH]2)cc1. The highest BCUT2D eigenvalue weighted by atomic mass is 16.5. The van der Waals surface area contributed by atoms with Gasteiger partial charge in [-0.25, -0.2) is 5.43 Å². The Bertz CT molecular complexity index is 698. The normalized spacial score (nSPS) is 16.0. The van der Waals surface area contributed by atoms with Crippen LogP contribution in [0.4, 0.5) is 0 Å². The number of rotatable bonds is 4. The number of nitrogens with one attached hydrogen (secondary N) is 2. The van der Waals surface area contributed by atoms with Gasteiger partial charge in [-0.05, 0) is 35.9 Å². The second kappa shape index (κ2) is 5.66. The first-order chi connectivity index (χ1) is 10.3. The molecule has 0 radical (unpaired) electrons. The van der Waals surface area contributed by atoms with Crippen LogP contribution in [0, 0.1) is 0 Å². The van der Waals surface area contributed by atoms with Gasteiger partial charge in [-0.15, -0.1) is 0 Å². The molecule has 0 saturated heterocycles. The van der Waals surface area contributed by atoms with Gasteiger partial charge in [0.25, 0.3) is 5.91 Å². The summed E-state index contributed by atoms with van der Waals surface area (Å²) >= 11 is 0. The Morgan fingerprint density at radius 3 is 2.71 bits per heavy atom. The highest BCUT2D eigenvalue weighted by Crippen LogP contribution is 2.17. The van der Waals surface area contributed by atoms with Crippen molar-refractivity contribution in [2.75, 3.05) is 7.11 Å². The van der Waals surface area contributed by atoms with Crippen LogP contribution in [0.15, 0.2) is 53.3 Å². The topological polar surface area (TPSA) is 66.5 Å². The molecule has 1 aromatic carbocycles. The molecule has 2 aromatic rings. The Hall–Kier alpha value is -2.82. The summed E-state index contributed by atoms with van der Waals surface area (Å²) in [5.74, 6) is 0.636. The molecule has 2 N–H and O–H groups in total. The Morgan fingerprint density at radius 2 is 2.05 bits per heavy atom. The summed E-state index contributed by atoms with van der Waals surface area (Å²) < 4.78 is 5.14. The molecule has 106 valence electrons. The number of hydrogen-bond donors (Lipinski definition) is 2. The molecule has 0 atom stereocenters. The number of aromatic nitrogens is 1. The molecular formula is C16H15N3O2. The third-order valence-corrected chi connectivity index (χ3v) is 3.30. The predicted molar refractivity (Wildman–Crippen MR) is 81.0 cm³/mol. The van der Waals surface area contributed by atoms with E-state index in [1.807, 2.05) is 48.7 Å². The minimum Gasteiger partial charge on any atom is -0.497 e. The lowest BCUT2D eigenvalue weighted by atomic mass is 10.0. The number of hydrazone groups is 1. The van der Waals surface area contributed by atoms with E-state index < -0.39 is 0 Å². The molecule has 2 heterocycles. The number of carbonyl (C=O) groups is 1. The van der Waals surface area contributed by atoms with Crippen LogP contribution < -0.4 is 10.2 Å². The van der Waals surface area contributed by atoms with Crippen LogP contribution in [0.1, 0.15) is 11.3 Å². The highest BCUT2D eigenvalue weighted by molar-refractivity contribution is 6.27. The van der Waals surface area contributed by atoms with Crippen molar-refractivity contribution in [1.29, 1.82) is 0 Å². The fourth-order valence-corrected chi connectivity index (χ4v) is 2.18. The Morgan fingerprint density at radius 1 is 1.24 bits per heavy atom. The molecule has 0 saturated carbocycles. The molecule has 1 amide bonds. The minimum atomic E-state index is -0.173. The first-order valence-corrected chi connectivity index (χ1v) is 6.61. The number of carbonyl (C=O) groups excluding carboxylic acids is 1. The summed E-state index contributed by atoms with van der Waals surface area (Å²) in [6, 6.07) is 11.5. The van der Waals surface area contributed by atoms with Gasteiger partial charge in [0.15, 0.2) is 0 Å². The zero-order valence-electron chi connectivity index (χ0n) is 11.6. The molecule has 1 aliphatic rings. The first-order valence-electron chi connectivity index (χ1n) is 6.61. The van der Waals surface area contributed by atoms with E-state index in [0.29, 0.717) is 12.0 Å². The Labute approximate surface area is 122 Å². The van der Waals surface area contributed by atoms with Crippen LogP contribution in [-0.2, 0) is 11.2 Å². The number of ether oxygens (including phenoxy) is 1. The molecule has 5 heteroatoms. The number of hydrogen-bond acceptors (Lipinski definition) is 3. The van der Waals surface area contributed by atoms with Crippen molar-refractivity contribution >= 4 is 17.7 Å². The maximum atomic E-state index is 11.9. The van der Waals surface area contributed by atoms with Gasteiger partial charge in [0.2, 0.25) is 0 Å². The van der Waals surface area contributed by atoms with Gasteiger partial charge in [-0.3, -0.25) is 4.79 Å². The summed E-state index contributed by atoms with van der Waals surface area (Å²) in [6.07, 6.45) is 4.22. The minimum absolute atomic E-state index is 0.173. The van der Waals surface area contributed by atoms with Crippen molar-refractivity contribution in [3.05, 3.63) is 59.4 Å². The molecule has 0 fully saturated rings. The molecule has 0 aliphatic carbocycles. The lowest BCUT2D eigenvalue weighted by Crippen LogP contribution is -2.14. The fourth-order valence-electron chi connectivity index (χ4n) is 2.18. The van der Waals surface area contributed by atoms with Crippen LogP contribution in [0.25, 0.3) is 6.08 Å². The zero-order valence-corrected chi connectivity index (χ0v) is 11.6. The maximum Gasteiger partial charge on any atom is 0.273 e. The summed E-state index contributed by atoms with van der Waals surface area (Å²) in [6.45, 7) is 0. The van der Waals surface area contributed by atoms with Crippen molar-refractivity contribution < 1.29 is 9.53 Å². The maximum absolute atomic E-state index is 11.9. The molecule has 0 unspecified atom stereocenters. The van der Waals surface area contributed by atoms with Crippen molar-refractivity contribution in [2.45, 2.75) is 6.42 Å². The van der Waals surface area contributed by atoms with Crippen LogP contribution in [0.3, 0.4) is 0 Å². The average Bonchev–Trinajstić information content (AvgIpc) is 3.13. The highest BCUT2D eigenvalue weighted by Gasteiger charge is 2.22. The van der Waals surface area contributed by atoms with Crippen LogP contribution in [0.5, 0.6) is 5.75 Å². The molecular weight excluding hydrogens is 266 g/mol. The second-order valence-corrected chi connectivity index (χ2v) is 4.71.